The van der Waals surface area contributed by atoms with E-state index in [9.17, 15) is 18.4 Å². The van der Waals surface area contributed by atoms with E-state index in [1.54, 1.807) is 11.5 Å². The van der Waals surface area contributed by atoms with Crippen LogP contribution < -0.4 is 10.7 Å². The molecule has 2 aliphatic rings. The van der Waals surface area contributed by atoms with Crippen molar-refractivity contribution in [2.24, 2.45) is 0 Å². The Balaban J connectivity index is 0.000000419. The number of benzene rings is 1. The Kier molecular flexibility index (Phi) is 7.00. The lowest BCUT2D eigenvalue weighted by Crippen LogP contribution is -2.22. The first-order valence-corrected chi connectivity index (χ1v) is 10.4. The number of fused-ring (bicyclic) bond motifs is 1. The summed E-state index contributed by atoms with van der Waals surface area (Å²) >= 11 is 0. The van der Waals surface area contributed by atoms with Gasteiger partial charge in [-0.3, -0.25) is 4.79 Å². The Morgan fingerprint density at radius 1 is 1.24 bits per heavy atom. The van der Waals surface area contributed by atoms with Crippen LogP contribution in [0.3, 0.4) is 0 Å². The number of ether oxygens (including phenoxy) is 1. The van der Waals surface area contributed by atoms with Crippen molar-refractivity contribution in [1.82, 2.24) is 9.88 Å². The number of rotatable bonds is 5. The average molecular weight is 406 g/mol. The maximum Gasteiger partial charge on any atom is 0.343 e. The maximum absolute atomic E-state index is 14.3. The molecule has 5 nitrogen and oxygen atoms in total. The van der Waals surface area contributed by atoms with Crippen molar-refractivity contribution in [1.29, 1.82) is 0 Å². The molecule has 29 heavy (non-hydrogen) atoms. The van der Waals surface area contributed by atoms with E-state index < -0.39 is 23.0 Å². The molecule has 1 saturated heterocycles. The van der Waals surface area contributed by atoms with Gasteiger partial charge in [-0.1, -0.05) is 13.3 Å². The van der Waals surface area contributed by atoms with E-state index in [2.05, 4.69) is 5.32 Å². The van der Waals surface area contributed by atoms with Gasteiger partial charge in [0.05, 0.1) is 12.1 Å². The van der Waals surface area contributed by atoms with Crippen LogP contribution in [0.25, 0.3) is 10.9 Å². The van der Waals surface area contributed by atoms with E-state index >= 15 is 0 Å². The monoisotopic (exact) mass is 406 g/mol. The van der Waals surface area contributed by atoms with Gasteiger partial charge in [0.15, 0.2) is 11.6 Å². The van der Waals surface area contributed by atoms with Crippen LogP contribution in [0.5, 0.6) is 0 Å². The number of aryl methyl sites for hydroxylation is 1. The van der Waals surface area contributed by atoms with E-state index in [1.807, 2.05) is 6.92 Å². The number of halogens is 2. The number of carbonyl (C=O) groups is 1. The van der Waals surface area contributed by atoms with Crippen LogP contribution in [-0.2, 0) is 11.2 Å². The summed E-state index contributed by atoms with van der Waals surface area (Å²) in [5.74, 6) is -2.71. The second-order valence-corrected chi connectivity index (χ2v) is 7.49. The fraction of sp³-hybridized carbons (Fsp3) is 0.545. The molecule has 2 fully saturated rings. The molecule has 1 N–H and O–H groups in total. The largest absolute Gasteiger partial charge is 0.462 e. The molecular formula is C22H28F2N2O3. The number of carbonyl (C=O) groups excluding carboxylic acids is 1. The number of hydrogen-bond donors (Lipinski definition) is 1. The number of esters is 1. The molecule has 1 saturated carbocycles. The van der Waals surface area contributed by atoms with Crippen molar-refractivity contribution in [2.75, 3.05) is 19.7 Å². The molecule has 1 aliphatic heterocycles. The molecule has 2 aromatic rings. The van der Waals surface area contributed by atoms with Crippen LogP contribution in [-0.4, -0.2) is 30.2 Å². The maximum atomic E-state index is 14.3. The van der Waals surface area contributed by atoms with E-state index in [1.165, 1.54) is 32.1 Å². The number of hydrogen-bond acceptors (Lipinski definition) is 4. The average Bonchev–Trinajstić information content (AvgIpc) is 3.36. The topological polar surface area (TPSA) is 60.3 Å². The van der Waals surface area contributed by atoms with Gasteiger partial charge in [0.1, 0.15) is 5.56 Å². The van der Waals surface area contributed by atoms with Gasteiger partial charge in [-0.15, -0.1) is 0 Å². The summed E-state index contributed by atoms with van der Waals surface area (Å²) in [7, 11) is 0. The van der Waals surface area contributed by atoms with Gasteiger partial charge < -0.3 is 14.6 Å². The van der Waals surface area contributed by atoms with Gasteiger partial charge in [0, 0.05) is 23.2 Å². The fourth-order valence-corrected chi connectivity index (χ4v) is 3.64. The molecule has 0 amide bonds. The second-order valence-electron chi connectivity index (χ2n) is 7.49. The summed E-state index contributed by atoms with van der Waals surface area (Å²) in [6.07, 6.45) is 6.92. The van der Waals surface area contributed by atoms with Crippen molar-refractivity contribution < 1.29 is 18.3 Å². The zero-order valence-electron chi connectivity index (χ0n) is 17.0. The van der Waals surface area contributed by atoms with E-state index in [0.29, 0.717) is 18.4 Å². The van der Waals surface area contributed by atoms with Gasteiger partial charge in [-0.05, 0) is 58.2 Å². The summed E-state index contributed by atoms with van der Waals surface area (Å²) in [4.78, 5) is 24.7. The molecule has 0 atom stereocenters. The SMILES string of the molecule is C1CCNC1.CCCc1c(F)c(F)cc2c(=O)c(C(=O)OCC)cn(C3CC3)c12. The third-order valence-electron chi connectivity index (χ3n) is 5.20. The van der Waals surface area contributed by atoms with Crippen LogP contribution in [0.1, 0.15) is 67.9 Å². The Hall–Kier alpha value is -2.28. The minimum atomic E-state index is -1.06. The van der Waals surface area contributed by atoms with Crippen molar-refractivity contribution in [2.45, 2.75) is 58.4 Å². The lowest BCUT2D eigenvalue weighted by molar-refractivity contribution is 0.0524. The first kappa shape index (κ1) is 21.4. The lowest BCUT2D eigenvalue weighted by atomic mass is 10.0. The fourth-order valence-electron chi connectivity index (χ4n) is 3.64. The first-order valence-electron chi connectivity index (χ1n) is 10.4. The Morgan fingerprint density at radius 3 is 2.45 bits per heavy atom. The van der Waals surface area contributed by atoms with Gasteiger partial charge in [-0.2, -0.15) is 0 Å². The van der Waals surface area contributed by atoms with Crippen molar-refractivity contribution >= 4 is 16.9 Å². The van der Waals surface area contributed by atoms with Crippen LogP contribution in [0, 0.1) is 11.6 Å². The second kappa shape index (κ2) is 9.48. The third kappa shape index (κ3) is 4.66. The molecule has 0 spiro atoms. The zero-order chi connectivity index (χ0) is 21.0. The number of nitrogens with one attached hydrogen (secondary N) is 1. The quantitative estimate of drug-likeness (QED) is 0.759. The lowest BCUT2D eigenvalue weighted by Gasteiger charge is -2.16. The van der Waals surface area contributed by atoms with Crippen molar-refractivity contribution in [3.8, 4) is 0 Å². The molecule has 158 valence electrons. The third-order valence-corrected chi connectivity index (χ3v) is 5.20. The highest BCUT2D eigenvalue weighted by molar-refractivity contribution is 5.94. The number of pyridine rings is 1. The van der Waals surface area contributed by atoms with Crippen molar-refractivity contribution in [3.05, 3.63) is 45.2 Å². The zero-order valence-corrected chi connectivity index (χ0v) is 17.0. The molecule has 2 heterocycles. The number of nitrogens with zero attached hydrogens (tertiary/aromatic N) is 1. The van der Waals surface area contributed by atoms with Gasteiger partial charge in [-0.25, -0.2) is 13.6 Å². The molecular weight excluding hydrogens is 378 g/mol. The molecule has 1 aliphatic carbocycles. The van der Waals surface area contributed by atoms with Crippen molar-refractivity contribution in [3.63, 3.8) is 0 Å². The molecule has 1 aromatic carbocycles. The smallest absolute Gasteiger partial charge is 0.343 e. The molecule has 7 heteroatoms. The van der Waals surface area contributed by atoms with Crippen LogP contribution in [0.2, 0.25) is 0 Å². The first-order chi connectivity index (χ1) is 14.0. The molecule has 1 aromatic heterocycles. The summed E-state index contributed by atoms with van der Waals surface area (Å²) in [6.45, 7) is 6.15. The highest BCUT2D eigenvalue weighted by atomic mass is 19.2. The summed E-state index contributed by atoms with van der Waals surface area (Å²) in [5, 5.41) is 3.26. The van der Waals surface area contributed by atoms with Crippen LogP contribution in [0.4, 0.5) is 8.78 Å². The Bertz CT molecular complexity index is 940. The standard InChI is InChI=1S/C18H19F2NO3.C4H9N/c1-3-5-11-15(20)14(19)8-12-16(11)21(10-6-7-10)9-13(17(12)22)18(23)24-4-2;1-2-4-5-3-1/h8-10H,3-7H2,1-2H3;5H,1-4H2. The molecule has 0 unspecified atom stereocenters. The Labute approximate surface area is 169 Å². The minimum absolute atomic E-state index is 0.0369. The van der Waals surface area contributed by atoms with E-state index in [-0.39, 0.29) is 29.2 Å². The highest BCUT2D eigenvalue weighted by Crippen LogP contribution is 2.38. The molecule has 0 radical (unpaired) electrons. The van der Waals surface area contributed by atoms with Gasteiger partial charge in [0.2, 0.25) is 5.43 Å². The predicted molar refractivity (Wildman–Crippen MR) is 108 cm³/mol. The Morgan fingerprint density at radius 2 is 1.93 bits per heavy atom. The van der Waals surface area contributed by atoms with Gasteiger partial charge >= 0.3 is 5.97 Å². The van der Waals surface area contributed by atoms with E-state index in [4.69, 9.17) is 4.74 Å². The van der Waals surface area contributed by atoms with Gasteiger partial charge in [0.25, 0.3) is 0 Å². The predicted octanol–water partition coefficient (Wildman–Crippen LogP) is 4.11. The summed E-state index contributed by atoms with van der Waals surface area (Å²) in [6, 6.07) is 0.995. The summed E-state index contributed by atoms with van der Waals surface area (Å²) < 4.78 is 35.0. The van der Waals surface area contributed by atoms with Crippen LogP contribution in [0.15, 0.2) is 17.1 Å². The van der Waals surface area contributed by atoms with Crippen LogP contribution >= 0.6 is 0 Å². The van der Waals surface area contributed by atoms with E-state index in [0.717, 1.165) is 18.9 Å². The normalized spacial score (nSPS) is 15.9. The molecule has 0 bridgehead atoms. The number of aromatic nitrogens is 1. The highest BCUT2D eigenvalue weighted by Gasteiger charge is 2.29. The summed E-state index contributed by atoms with van der Waals surface area (Å²) in [5.41, 5.74) is -0.149. The minimum Gasteiger partial charge on any atom is -0.462 e. The molecule has 4 rings (SSSR count).